The molecule has 0 fully saturated rings. The Kier molecular flexibility index (Phi) is 7.00. The van der Waals surface area contributed by atoms with E-state index in [1.807, 2.05) is 51.1 Å². The fourth-order valence-corrected chi connectivity index (χ4v) is 2.73. The largest absolute Gasteiger partial charge is 0.354 e. The second-order valence-corrected chi connectivity index (χ2v) is 8.54. The number of benzene rings is 1. The van der Waals surface area contributed by atoms with Crippen LogP contribution in [-0.2, 0) is 15.0 Å². The maximum absolute atomic E-state index is 12.4. The number of hydrogen-bond donors (Lipinski definition) is 2. The molecule has 2 aromatic rings. The molecule has 0 saturated carbocycles. The number of rotatable bonds is 7. The van der Waals surface area contributed by atoms with Crippen LogP contribution in [0.3, 0.4) is 0 Å². The number of carbonyl (C=O) groups is 2. The van der Waals surface area contributed by atoms with E-state index in [9.17, 15) is 9.59 Å². The maximum Gasteiger partial charge on any atom is 0.225 e. The Bertz CT molecular complexity index is 814. The number of nitrogens with zero attached hydrogens (tertiary/aromatic N) is 2. The van der Waals surface area contributed by atoms with E-state index >= 15 is 0 Å². The van der Waals surface area contributed by atoms with Crippen molar-refractivity contribution in [2.45, 2.75) is 72.3 Å². The SMILES string of the molecule is Cc1ccc(-n2nc(C(C)(C)C)cc2NC(=O)CCCC(=O)NC(C)C)cc1. The topological polar surface area (TPSA) is 76.0 Å². The molecule has 2 N–H and O–H groups in total. The van der Waals surface area contributed by atoms with Crippen molar-refractivity contribution in [1.29, 1.82) is 0 Å². The monoisotopic (exact) mass is 384 g/mol. The molecule has 0 saturated heterocycles. The van der Waals surface area contributed by atoms with Crippen LogP contribution in [0.15, 0.2) is 30.3 Å². The van der Waals surface area contributed by atoms with E-state index in [1.54, 1.807) is 4.68 Å². The van der Waals surface area contributed by atoms with Gasteiger partial charge in [0.2, 0.25) is 11.8 Å². The van der Waals surface area contributed by atoms with Crippen molar-refractivity contribution < 1.29 is 9.59 Å². The van der Waals surface area contributed by atoms with Crippen LogP contribution < -0.4 is 10.6 Å². The van der Waals surface area contributed by atoms with Crippen LogP contribution in [-0.4, -0.2) is 27.6 Å². The number of amides is 2. The summed E-state index contributed by atoms with van der Waals surface area (Å²) < 4.78 is 1.77. The van der Waals surface area contributed by atoms with Gasteiger partial charge in [0, 0.05) is 30.4 Å². The molecule has 0 spiro atoms. The molecule has 0 atom stereocenters. The average molecular weight is 385 g/mol. The Morgan fingerprint density at radius 2 is 1.68 bits per heavy atom. The summed E-state index contributed by atoms with van der Waals surface area (Å²) in [5.74, 6) is 0.499. The van der Waals surface area contributed by atoms with Crippen molar-refractivity contribution >= 4 is 17.6 Å². The normalized spacial score (nSPS) is 11.5. The molecular formula is C22H32N4O2. The molecule has 0 aliphatic rings. The Balaban J connectivity index is 2.11. The minimum Gasteiger partial charge on any atom is -0.354 e. The van der Waals surface area contributed by atoms with Crippen molar-refractivity contribution in [2.75, 3.05) is 5.32 Å². The van der Waals surface area contributed by atoms with Crippen molar-refractivity contribution in [3.05, 3.63) is 41.6 Å². The van der Waals surface area contributed by atoms with Crippen LogP contribution in [0.1, 0.15) is 65.1 Å². The third kappa shape index (κ3) is 6.22. The standard InChI is InChI=1S/C22H32N4O2/c1-15(2)23-20(27)8-7-9-21(28)24-19-14-18(22(4,5)6)25-26(19)17-12-10-16(3)11-13-17/h10-15H,7-9H2,1-6H3,(H,23,27)(H,24,28). The van der Waals surface area contributed by atoms with Crippen molar-refractivity contribution in [2.24, 2.45) is 0 Å². The fraction of sp³-hybridized carbons (Fsp3) is 0.500. The van der Waals surface area contributed by atoms with Crippen LogP contribution in [0.25, 0.3) is 5.69 Å². The molecule has 28 heavy (non-hydrogen) atoms. The maximum atomic E-state index is 12.4. The molecule has 1 aromatic carbocycles. The highest BCUT2D eigenvalue weighted by atomic mass is 16.2. The van der Waals surface area contributed by atoms with Gasteiger partial charge in [-0.25, -0.2) is 4.68 Å². The van der Waals surface area contributed by atoms with Gasteiger partial charge in [-0.2, -0.15) is 5.10 Å². The van der Waals surface area contributed by atoms with E-state index in [-0.39, 0.29) is 29.7 Å². The quantitative estimate of drug-likeness (QED) is 0.754. The van der Waals surface area contributed by atoms with E-state index in [4.69, 9.17) is 5.10 Å². The summed E-state index contributed by atoms with van der Waals surface area (Å²) in [6, 6.07) is 10.0. The lowest BCUT2D eigenvalue weighted by Gasteiger charge is -2.14. The summed E-state index contributed by atoms with van der Waals surface area (Å²) in [5.41, 5.74) is 2.83. The molecule has 152 valence electrons. The lowest BCUT2D eigenvalue weighted by molar-refractivity contribution is -0.121. The predicted molar refractivity (Wildman–Crippen MR) is 113 cm³/mol. The number of hydrogen-bond acceptors (Lipinski definition) is 3. The van der Waals surface area contributed by atoms with Gasteiger partial charge in [-0.3, -0.25) is 9.59 Å². The molecule has 0 aliphatic heterocycles. The van der Waals surface area contributed by atoms with Gasteiger partial charge in [-0.15, -0.1) is 0 Å². The third-order valence-electron chi connectivity index (χ3n) is 4.28. The van der Waals surface area contributed by atoms with Crippen LogP contribution in [0.5, 0.6) is 0 Å². The number of carbonyl (C=O) groups excluding carboxylic acids is 2. The van der Waals surface area contributed by atoms with Gasteiger partial charge in [-0.1, -0.05) is 38.5 Å². The smallest absolute Gasteiger partial charge is 0.225 e. The number of anilines is 1. The first kappa shape index (κ1) is 21.7. The molecule has 0 unspecified atom stereocenters. The first-order valence-corrected chi connectivity index (χ1v) is 9.83. The Hall–Kier alpha value is -2.63. The van der Waals surface area contributed by atoms with Gasteiger partial charge in [0.1, 0.15) is 5.82 Å². The fourth-order valence-electron chi connectivity index (χ4n) is 2.73. The zero-order valence-electron chi connectivity index (χ0n) is 17.8. The Morgan fingerprint density at radius 3 is 2.25 bits per heavy atom. The highest BCUT2D eigenvalue weighted by Crippen LogP contribution is 2.26. The summed E-state index contributed by atoms with van der Waals surface area (Å²) in [5, 5.41) is 10.5. The highest BCUT2D eigenvalue weighted by molar-refractivity contribution is 5.90. The summed E-state index contributed by atoms with van der Waals surface area (Å²) >= 11 is 0. The Labute approximate surface area is 167 Å². The van der Waals surface area contributed by atoms with E-state index in [2.05, 4.69) is 31.4 Å². The molecule has 2 rings (SSSR count). The lowest BCUT2D eigenvalue weighted by atomic mass is 9.92. The summed E-state index contributed by atoms with van der Waals surface area (Å²) in [7, 11) is 0. The van der Waals surface area contributed by atoms with Crippen molar-refractivity contribution in [3.8, 4) is 5.69 Å². The first-order chi connectivity index (χ1) is 13.1. The van der Waals surface area contributed by atoms with E-state index in [0.717, 1.165) is 16.9 Å². The minimum absolute atomic E-state index is 0.0254. The van der Waals surface area contributed by atoms with Gasteiger partial charge < -0.3 is 10.6 Å². The molecule has 2 amide bonds. The van der Waals surface area contributed by atoms with Gasteiger partial charge in [0.15, 0.2) is 0 Å². The summed E-state index contributed by atoms with van der Waals surface area (Å²) in [4.78, 5) is 24.1. The van der Waals surface area contributed by atoms with Crippen molar-refractivity contribution in [3.63, 3.8) is 0 Å². The second kappa shape index (κ2) is 9.04. The van der Waals surface area contributed by atoms with Gasteiger partial charge in [-0.05, 0) is 39.3 Å². The van der Waals surface area contributed by atoms with Crippen LogP contribution in [0, 0.1) is 6.92 Å². The Morgan fingerprint density at radius 1 is 1.07 bits per heavy atom. The predicted octanol–water partition coefficient (Wildman–Crippen LogP) is 4.11. The highest BCUT2D eigenvalue weighted by Gasteiger charge is 2.21. The molecule has 0 bridgehead atoms. The number of aromatic nitrogens is 2. The molecule has 1 aromatic heterocycles. The van der Waals surface area contributed by atoms with Gasteiger partial charge in [0.25, 0.3) is 0 Å². The lowest BCUT2D eigenvalue weighted by Crippen LogP contribution is -2.30. The molecule has 0 aliphatic carbocycles. The van der Waals surface area contributed by atoms with Crippen LogP contribution >= 0.6 is 0 Å². The van der Waals surface area contributed by atoms with Gasteiger partial charge in [0.05, 0.1) is 11.4 Å². The summed E-state index contributed by atoms with van der Waals surface area (Å²) in [6.45, 7) is 12.1. The van der Waals surface area contributed by atoms with Gasteiger partial charge >= 0.3 is 0 Å². The molecule has 6 heteroatoms. The van der Waals surface area contributed by atoms with Crippen LogP contribution in [0.4, 0.5) is 5.82 Å². The summed E-state index contributed by atoms with van der Waals surface area (Å²) in [6.07, 6.45) is 1.14. The third-order valence-corrected chi connectivity index (χ3v) is 4.28. The molecule has 1 heterocycles. The first-order valence-electron chi connectivity index (χ1n) is 9.83. The molecule has 6 nitrogen and oxygen atoms in total. The zero-order valence-corrected chi connectivity index (χ0v) is 17.8. The molecular weight excluding hydrogens is 352 g/mol. The number of nitrogens with one attached hydrogen (secondary N) is 2. The van der Waals surface area contributed by atoms with E-state index in [0.29, 0.717) is 18.7 Å². The van der Waals surface area contributed by atoms with Crippen molar-refractivity contribution in [1.82, 2.24) is 15.1 Å². The second-order valence-electron chi connectivity index (χ2n) is 8.54. The van der Waals surface area contributed by atoms with E-state index in [1.165, 1.54) is 0 Å². The van der Waals surface area contributed by atoms with Crippen LogP contribution in [0.2, 0.25) is 0 Å². The minimum atomic E-state index is -0.135. The molecule has 0 radical (unpaired) electrons. The van der Waals surface area contributed by atoms with E-state index < -0.39 is 0 Å². The number of aryl methyl sites for hydroxylation is 1. The zero-order chi connectivity index (χ0) is 20.9. The average Bonchev–Trinajstić information content (AvgIpc) is 2.99.